The van der Waals surface area contributed by atoms with Crippen LogP contribution in [0, 0.1) is 17.0 Å². The summed E-state index contributed by atoms with van der Waals surface area (Å²) in [7, 11) is -4.19. The number of nitro groups is 1. The maximum atomic E-state index is 11.9. The number of carbonyl (C=O) groups excluding carboxylic acids is 1. The molecule has 0 amide bonds. The van der Waals surface area contributed by atoms with Crippen LogP contribution in [0.3, 0.4) is 0 Å². The minimum Gasteiger partial charge on any atom is -0.338 e. The molecule has 0 unspecified atom stereocenters. The van der Waals surface area contributed by atoms with Gasteiger partial charge >= 0.3 is 16.1 Å². The van der Waals surface area contributed by atoms with E-state index in [9.17, 15) is 23.3 Å². The highest BCUT2D eigenvalue weighted by Crippen LogP contribution is 2.15. The van der Waals surface area contributed by atoms with Crippen LogP contribution in [0.2, 0.25) is 0 Å². The highest BCUT2D eigenvalue weighted by Gasteiger charge is 2.18. The van der Waals surface area contributed by atoms with Crippen molar-refractivity contribution in [2.75, 3.05) is 0 Å². The Morgan fingerprint density at radius 1 is 1.08 bits per heavy atom. The molecule has 0 bridgehead atoms. The molecule has 0 aliphatic carbocycles. The van der Waals surface area contributed by atoms with Crippen LogP contribution in [0.25, 0.3) is 6.08 Å². The van der Waals surface area contributed by atoms with Gasteiger partial charge in [0, 0.05) is 18.2 Å². The van der Waals surface area contributed by atoms with E-state index in [4.69, 9.17) is 0 Å². The van der Waals surface area contributed by atoms with Gasteiger partial charge in [0.05, 0.1) is 4.92 Å². The van der Waals surface area contributed by atoms with Crippen molar-refractivity contribution < 1.29 is 22.3 Å². The normalized spacial score (nSPS) is 11.4. The van der Waals surface area contributed by atoms with Crippen LogP contribution in [0.15, 0.2) is 59.5 Å². The van der Waals surface area contributed by atoms with Gasteiger partial charge in [0.1, 0.15) is 4.90 Å². The van der Waals surface area contributed by atoms with Crippen molar-refractivity contribution in [1.82, 2.24) is 0 Å². The van der Waals surface area contributed by atoms with Gasteiger partial charge in [-0.25, -0.2) is 4.79 Å². The first-order valence-electron chi connectivity index (χ1n) is 6.75. The van der Waals surface area contributed by atoms with Gasteiger partial charge in [0.25, 0.3) is 5.69 Å². The molecule has 8 heteroatoms. The molecule has 2 rings (SSSR count). The highest BCUT2D eigenvalue weighted by molar-refractivity contribution is 7.87. The van der Waals surface area contributed by atoms with E-state index in [-0.39, 0.29) is 10.6 Å². The lowest BCUT2D eigenvalue weighted by Crippen LogP contribution is -2.11. The molecular weight excluding hydrogens is 334 g/mol. The fraction of sp³-hybridized carbons (Fsp3) is 0.0625. The molecule has 0 aromatic heterocycles. The SMILES string of the molecule is Cc1ccc(S(=O)(=O)OC(=O)C=Cc2ccc([N+](=O)[O-])cc2)cc1. The molecular formula is C16H13NO6S. The Morgan fingerprint density at radius 2 is 1.67 bits per heavy atom. The number of nitro benzene ring substituents is 1. The quantitative estimate of drug-likeness (QED) is 0.356. The lowest BCUT2D eigenvalue weighted by Gasteiger charge is -2.03. The van der Waals surface area contributed by atoms with Crippen molar-refractivity contribution >= 4 is 27.9 Å². The Kier molecular flexibility index (Phi) is 5.10. The summed E-state index contributed by atoms with van der Waals surface area (Å²) in [5.41, 5.74) is 1.28. The number of rotatable bonds is 5. The third-order valence-electron chi connectivity index (χ3n) is 3.02. The predicted molar refractivity (Wildman–Crippen MR) is 86.6 cm³/mol. The lowest BCUT2D eigenvalue weighted by molar-refractivity contribution is -0.384. The van der Waals surface area contributed by atoms with Gasteiger partial charge in [0.15, 0.2) is 0 Å². The number of hydrogen-bond acceptors (Lipinski definition) is 6. The average Bonchev–Trinajstić information content (AvgIpc) is 2.53. The molecule has 0 aliphatic heterocycles. The molecule has 0 radical (unpaired) electrons. The molecule has 2 aromatic carbocycles. The summed E-state index contributed by atoms with van der Waals surface area (Å²) in [4.78, 5) is 21.5. The van der Waals surface area contributed by atoms with Crippen LogP contribution in [-0.2, 0) is 19.1 Å². The fourth-order valence-corrected chi connectivity index (χ4v) is 2.60. The number of aryl methyl sites for hydroxylation is 1. The van der Waals surface area contributed by atoms with Gasteiger partial charge in [-0.3, -0.25) is 10.1 Å². The van der Waals surface area contributed by atoms with E-state index < -0.39 is 21.0 Å². The van der Waals surface area contributed by atoms with Gasteiger partial charge in [-0.05, 0) is 42.8 Å². The molecule has 2 aromatic rings. The van der Waals surface area contributed by atoms with Gasteiger partial charge < -0.3 is 4.18 Å². The minimum absolute atomic E-state index is 0.0864. The summed E-state index contributed by atoms with van der Waals surface area (Å²) in [5, 5.41) is 10.5. The summed E-state index contributed by atoms with van der Waals surface area (Å²) >= 11 is 0. The number of carbonyl (C=O) groups is 1. The van der Waals surface area contributed by atoms with E-state index in [1.807, 2.05) is 0 Å². The number of nitrogens with zero attached hydrogens (tertiary/aromatic N) is 1. The van der Waals surface area contributed by atoms with Gasteiger partial charge in [-0.15, -0.1) is 0 Å². The maximum Gasteiger partial charge on any atom is 0.346 e. The first-order valence-corrected chi connectivity index (χ1v) is 8.16. The zero-order chi connectivity index (χ0) is 17.7. The van der Waals surface area contributed by atoms with Gasteiger partial charge in [-0.1, -0.05) is 17.7 Å². The van der Waals surface area contributed by atoms with E-state index in [0.29, 0.717) is 5.56 Å². The predicted octanol–water partition coefficient (Wildman–Crippen LogP) is 2.85. The smallest absolute Gasteiger partial charge is 0.338 e. The molecule has 0 aliphatic rings. The molecule has 0 spiro atoms. The zero-order valence-electron chi connectivity index (χ0n) is 12.6. The summed E-state index contributed by atoms with van der Waals surface area (Å²) in [6.45, 7) is 1.80. The van der Waals surface area contributed by atoms with Crippen LogP contribution in [0.5, 0.6) is 0 Å². The van der Waals surface area contributed by atoms with Crippen LogP contribution >= 0.6 is 0 Å². The molecule has 0 fully saturated rings. The van der Waals surface area contributed by atoms with Crippen LogP contribution in [-0.4, -0.2) is 19.3 Å². The second-order valence-corrected chi connectivity index (χ2v) is 6.40. The average molecular weight is 347 g/mol. The topological polar surface area (TPSA) is 104 Å². The standard InChI is InChI=1S/C16H13NO6S/c1-12-2-9-15(10-3-12)24(21,22)23-16(18)11-6-13-4-7-14(8-5-13)17(19)20/h2-11H,1H3. The molecule has 0 saturated carbocycles. The van der Waals surface area contributed by atoms with Crippen molar-refractivity contribution in [2.24, 2.45) is 0 Å². The van der Waals surface area contributed by atoms with E-state index >= 15 is 0 Å². The first kappa shape index (κ1) is 17.4. The number of hydrogen-bond donors (Lipinski definition) is 0. The van der Waals surface area contributed by atoms with Crippen LogP contribution in [0.4, 0.5) is 5.69 Å². The molecule has 0 saturated heterocycles. The Hall–Kier alpha value is -3.00. The monoisotopic (exact) mass is 347 g/mol. The summed E-state index contributed by atoms with van der Waals surface area (Å²) in [5.74, 6) is -1.06. The summed E-state index contributed by atoms with van der Waals surface area (Å²) in [6, 6.07) is 11.3. The molecule has 24 heavy (non-hydrogen) atoms. The second-order valence-electron chi connectivity index (χ2n) is 4.85. The first-order chi connectivity index (χ1) is 11.3. The van der Waals surface area contributed by atoms with Crippen molar-refractivity contribution in [3.8, 4) is 0 Å². The van der Waals surface area contributed by atoms with Gasteiger partial charge in [0.2, 0.25) is 0 Å². The van der Waals surface area contributed by atoms with Crippen molar-refractivity contribution in [1.29, 1.82) is 0 Å². The Morgan fingerprint density at radius 3 is 2.21 bits per heavy atom. The Labute approximate surface area is 138 Å². The highest BCUT2D eigenvalue weighted by atomic mass is 32.2. The third kappa shape index (κ3) is 4.50. The van der Waals surface area contributed by atoms with Crippen LogP contribution < -0.4 is 0 Å². The zero-order valence-corrected chi connectivity index (χ0v) is 13.4. The second kappa shape index (κ2) is 7.05. The molecule has 7 nitrogen and oxygen atoms in total. The largest absolute Gasteiger partial charge is 0.346 e. The number of non-ortho nitro benzene ring substituents is 1. The maximum absolute atomic E-state index is 11.9. The molecule has 124 valence electrons. The van der Waals surface area contributed by atoms with E-state index in [2.05, 4.69) is 4.18 Å². The molecule has 0 atom stereocenters. The van der Waals surface area contributed by atoms with Crippen molar-refractivity contribution in [2.45, 2.75) is 11.8 Å². The molecule has 0 N–H and O–H groups in total. The third-order valence-corrected chi connectivity index (χ3v) is 4.25. The van der Waals surface area contributed by atoms with Gasteiger partial charge in [-0.2, -0.15) is 8.42 Å². The fourth-order valence-electron chi connectivity index (χ4n) is 1.76. The van der Waals surface area contributed by atoms with Crippen molar-refractivity contribution in [3.63, 3.8) is 0 Å². The summed E-state index contributed by atoms with van der Waals surface area (Å²) in [6.07, 6.45) is 2.24. The summed E-state index contributed by atoms with van der Waals surface area (Å²) < 4.78 is 28.4. The van der Waals surface area contributed by atoms with E-state index in [1.165, 1.54) is 42.5 Å². The lowest BCUT2D eigenvalue weighted by atomic mass is 10.2. The van der Waals surface area contributed by atoms with E-state index in [1.54, 1.807) is 19.1 Å². The van der Waals surface area contributed by atoms with E-state index in [0.717, 1.165) is 11.6 Å². The minimum atomic E-state index is -4.19. The number of benzene rings is 2. The van der Waals surface area contributed by atoms with Crippen molar-refractivity contribution in [3.05, 3.63) is 75.8 Å². The Balaban J connectivity index is 2.06. The molecule has 0 heterocycles. The Bertz CT molecular complexity index is 883. The van der Waals surface area contributed by atoms with Crippen LogP contribution in [0.1, 0.15) is 11.1 Å².